The zero-order valence-corrected chi connectivity index (χ0v) is 22.6. The first-order chi connectivity index (χ1) is 18.4. The van der Waals surface area contributed by atoms with Crippen molar-refractivity contribution in [3.05, 3.63) is 125 Å². The van der Waals surface area contributed by atoms with Crippen molar-refractivity contribution in [1.29, 1.82) is 5.26 Å². The fourth-order valence-corrected chi connectivity index (χ4v) is 4.25. The summed E-state index contributed by atoms with van der Waals surface area (Å²) in [7, 11) is 0. The minimum Gasteiger partial charge on any atom is -0.325 e. The highest BCUT2D eigenvalue weighted by Gasteiger charge is 2.33. The van der Waals surface area contributed by atoms with Gasteiger partial charge >= 0.3 is 0 Å². The fraction of sp³-hybridized carbons (Fsp3) is 0.242. The molecule has 0 spiro atoms. The second-order valence-corrected chi connectivity index (χ2v) is 9.15. The molecular weight excluding hydrogens is 470 g/mol. The van der Waals surface area contributed by atoms with Gasteiger partial charge < -0.3 is 4.57 Å². The summed E-state index contributed by atoms with van der Waals surface area (Å²) in [6, 6.07) is 29.1. The summed E-state index contributed by atoms with van der Waals surface area (Å²) in [5.41, 5.74) is 2.72. The number of aromatic nitrogens is 1. The Morgan fingerprint density at radius 1 is 0.816 bits per heavy atom. The van der Waals surface area contributed by atoms with E-state index >= 15 is 0 Å². The highest BCUT2D eigenvalue weighted by molar-refractivity contribution is 6.25. The number of nitriles is 1. The molecule has 0 N–H and O–H groups in total. The predicted octanol–water partition coefficient (Wildman–Crippen LogP) is 7.96. The van der Waals surface area contributed by atoms with E-state index in [9.17, 15) is 14.9 Å². The molecule has 0 bridgehead atoms. The molecule has 0 radical (unpaired) electrons. The van der Waals surface area contributed by atoms with Crippen LogP contribution in [-0.2, 0) is 0 Å². The molecule has 5 nitrogen and oxygen atoms in total. The SMILES string of the molecule is CCCCC.Cc1cn(C(C)c2ccccc2)c(N(C(=O)c2ccccc2)C(=O)c2ccccc2)c1C#N. The van der Waals surface area contributed by atoms with Crippen LogP contribution in [-0.4, -0.2) is 16.4 Å². The van der Waals surface area contributed by atoms with E-state index in [2.05, 4.69) is 19.9 Å². The summed E-state index contributed by atoms with van der Waals surface area (Å²) in [6.45, 7) is 8.22. The highest BCUT2D eigenvalue weighted by Crippen LogP contribution is 2.33. The van der Waals surface area contributed by atoms with Gasteiger partial charge in [0.15, 0.2) is 0 Å². The molecule has 0 saturated heterocycles. The molecule has 5 heteroatoms. The van der Waals surface area contributed by atoms with Gasteiger partial charge in [0.25, 0.3) is 11.8 Å². The number of unbranched alkanes of at least 4 members (excludes halogenated alkanes) is 2. The lowest BCUT2D eigenvalue weighted by Crippen LogP contribution is -2.39. The maximum Gasteiger partial charge on any atom is 0.266 e. The number of imide groups is 1. The van der Waals surface area contributed by atoms with Crippen LogP contribution in [0.1, 0.15) is 83.5 Å². The third-order valence-electron chi connectivity index (χ3n) is 6.37. The summed E-state index contributed by atoms with van der Waals surface area (Å²) in [4.78, 5) is 28.6. The normalized spacial score (nSPS) is 11.0. The third kappa shape index (κ3) is 6.46. The molecule has 1 heterocycles. The number of carbonyl (C=O) groups excluding carboxylic acids is 2. The molecule has 2 amide bonds. The molecule has 0 saturated carbocycles. The Bertz CT molecular complexity index is 1320. The number of amides is 2. The number of aryl methyl sites for hydroxylation is 1. The average molecular weight is 506 g/mol. The third-order valence-corrected chi connectivity index (χ3v) is 6.37. The van der Waals surface area contributed by atoms with Crippen LogP contribution >= 0.6 is 0 Å². The molecule has 1 unspecified atom stereocenters. The average Bonchev–Trinajstić information content (AvgIpc) is 3.30. The van der Waals surface area contributed by atoms with Crippen molar-refractivity contribution < 1.29 is 9.59 Å². The Labute approximate surface area is 226 Å². The van der Waals surface area contributed by atoms with Gasteiger partial charge in [-0.15, -0.1) is 0 Å². The summed E-state index contributed by atoms with van der Waals surface area (Å²) >= 11 is 0. The molecule has 0 aliphatic carbocycles. The van der Waals surface area contributed by atoms with E-state index < -0.39 is 11.8 Å². The minimum atomic E-state index is -0.486. The zero-order chi connectivity index (χ0) is 27.5. The molecule has 1 atom stereocenters. The van der Waals surface area contributed by atoms with Crippen molar-refractivity contribution in [1.82, 2.24) is 4.57 Å². The molecule has 194 valence electrons. The minimum absolute atomic E-state index is 0.211. The van der Waals surface area contributed by atoms with E-state index in [-0.39, 0.29) is 11.9 Å². The van der Waals surface area contributed by atoms with Gasteiger partial charge in [0.05, 0.1) is 11.6 Å². The topological polar surface area (TPSA) is 66.1 Å². The van der Waals surface area contributed by atoms with Crippen LogP contribution in [0.15, 0.2) is 97.2 Å². The van der Waals surface area contributed by atoms with Crippen molar-refractivity contribution in [2.75, 3.05) is 4.90 Å². The van der Waals surface area contributed by atoms with Crippen molar-refractivity contribution >= 4 is 17.6 Å². The smallest absolute Gasteiger partial charge is 0.266 e. The lowest BCUT2D eigenvalue weighted by molar-refractivity contribution is 0.0895. The maximum atomic E-state index is 13.7. The Morgan fingerprint density at radius 3 is 1.66 bits per heavy atom. The largest absolute Gasteiger partial charge is 0.325 e. The number of hydrogen-bond acceptors (Lipinski definition) is 3. The van der Waals surface area contributed by atoms with Gasteiger partial charge in [-0.25, -0.2) is 4.90 Å². The molecule has 0 aliphatic rings. The Hall–Kier alpha value is -4.43. The lowest BCUT2D eigenvalue weighted by Gasteiger charge is -2.26. The van der Waals surface area contributed by atoms with Crippen molar-refractivity contribution in [3.63, 3.8) is 0 Å². The van der Waals surface area contributed by atoms with Crippen molar-refractivity contribution in [2.24, 2.45) is 0 Å². The fourth-order valence-electron chi connectivity index (χ4n) is 4.25. The number of nitrogens with zero attached hydrogens (tertiary/aromatic N) is 3. The zero-order valence-electron chi connectivity index (χ0n) is 22.6. The molecule has 3 aromatic carbocycles. The van der Waals surface area contributed by atoms with Crippen LogP contribution in [0.2, 0.25) is 0 Å². The number of rotatable bonds is 7. The van der Waals surface area contributed by atoms with Gasteiger partial charge in [0.1, 0.15) is 11.9 Å². The van der Waals surface area contributed by atoms with Gasteiger partial charge in [-0.2, -0.15) is 5.26 Å². The van der Waals surface area contributed by atoms with E-state index in [1.807, 2.05) is 67.1 Å². The Morgan fingerprint density at radius 2 is 1.26 bits per heavy atom. The molecule has 4 rings (SSSR count). The van der Waals surface area contributed by atoms with Gasteiger partial charge in [0, 0.05) is 17.3 Å². The van der Waals surface area contributed by atoms with Crippen molar-refractivity contribution in [3.8, 4) is 6.07 Å². The number of benzene rings is 3. The van der Waals surface area contributed by atoms with Crippen LogP contribution < -0.4 is 4.90 Å². The second-order valence-electron chi connectivity index (χ2n) is 9.15. The summed E-state index contributed by atoms with van der Waals surface area (Å²) in [6.07, 6.45) is 5.90. The monoisotopic (exact) mass is 505 g/mol. The Balaban J connectivity index is 0.000000732. The maximum absolute atomic E-state index is 13.7. The van der Waals surface area contributed by atoms with Crippen LogP contribution in [0, 0.1) is 18.3 Å². The standard InChI is InChI=1S/C28H23N3O2.C5H12/c1-20-19-30(21(2)22-12-6-3-7-13-22)26(25(20)18-29)31(27(32)23-14-8-4-9-15-23)28(33)24-16-10-5-11-17-24;1-3-5-4-2/h3-17,19,21H,1-2H3;3-5H2,1-2H3. The number of hydrogen-bond donors (Lipinski definition) is 0. The Kier molecular flexibility index (Phi) is 10.2. The second kappa shape index (κ2) is 13.8. The van der Waals surface area contributed by atoms with E-state index in [1.54, 1.807) is 48.5 Å². The van der Waals surface area contributed by atoms with Gasteiger partial charge in [-0.05, 0) is 49.2 Å². The van der Waals surface area contributed by atoms with E-state index in [0.29, 0.717) is 22.3 Å². The van der Waals surface area contributed by atoms with Crippen LogP contribution in [0.5, 0.6) is 0 Å². The molecule has 0 aliphatic heterocycles. The molecule has 38 heavy (non-hydrogen) atoms. The van der Waals surface area contributed by atoms with E-state index in [1.165, 1.54) is 19.3 Å². The van der Waals surface area contributed by atoms with Gasteiger partial charge in [-0.3, -0.25) is 9.59 Å². The van der Waals surface area contributed by atoms with Crippen LogP contribution in [0.4, 0.5) is 5.82 Å². The summed E-state index contributed by atoms with van der Waals surface area (Å²) in [5.74, 6) is -0.699. The lowest BCUT2D eigenvalue weighted by atomic mass is 10.1. The predicted molar refractivity (Wildman–Crippen MR) is 153 cm³/mol. The first-order valence-electron chi connectivity index (χ1n) is 13.1. The number of carbonyl (C=O) groups is 2. The first kappa shape index (κ1) is 28.1. The number of anilines is 1. The van der Waals surface area contributed by atoms with Crippen LogP contribution in [0.3, 0.4) is 0 Å². The molecular formula is C33H35N3O2. The molecule has 0 fully saturated rings. The highest BCUT2D eigenvalue weighted by atomic mass is 16.2. The van der Waals surface area contributed by atoms with Crippen molar-refractivity contribution in [2.45, 2.75) is 53.0 Å². The molecule has 1 aromatic heterocycles. The molecule has 4 aromatic rings. The summed E-state index contributed by atoms with van der Waals surface area (Å²) < 4.78 is 1.84. The van der Waals surface area contributed by atoms with E-state index in [4.69, 9.17) is 0 Å². The van der Waals surface area contributed by atoms with Gasteiger partial charge in [-0.1, -0.05) is 99.8 Å². The summed E-state index contributed by atoms with van der Waals surface area (Å²) in [5, 5.41) is 10.0. The first-order valence-corrected chi connectivity index (χ1v) is 13.1. The van der Waals surface area contributed by atoms with Gasteiger partial charge in [0.2, 0.25) is 0 Å². The quantitative estimate of drug-likeness (QED) is 0.239. The van der Waals surface area contributed by atoms with E-state index in [0.717, 1.165) is 10.5 Å². The van der Waals surface area contributed by atoms with Crippen LogP contribution in [0.25, 0.3) is 0 Å².